The summed E-state index contributed by atoms with van der Waals surface area (Å²) < 4.78 is 10.9. The zero-order valence-electron chi connectivity index (χ0n) is 17.5. The van der Waals surface area contributed by atoms with Crippen LogP contribution in [0.5, 0.6) is 17.2 Å². The molecule has 0 unspecified atom stereocenters. The maximum absolute atomic E-state index is 11.1. The van der Waals surface area contributed by atoms with Crippen molar-refractivity contribution in [2.75, 3.05) is 7.11 Å². The molecule has 0 radical (unpaired) electrons. The van der Waals surface area contributed by atoms with E-state index in [1.165, 1.54) is 25.5 Å². The van der Waals surface area contributed by atoms with E-state index >= 15 is 0 Å². The minimum atomic E-state index is -0.588. The van der Waals surface area contributed by atoms with Gasteiger partial charge in [-0.1, -0.05) is 6.07 Å². The van der Waals surface area contributed by atoms with E-state index < -0.39 is 4.92 Å². The first-order valence-corrected chi connectivity index (χ1v) is 9.57. The van der Waals surface area contributed by atoms with Gasteiger partial charge in [0.05, 0.1) is 29.4 Å². The molecule has 1 aromatic heterocycles. The first kappa shape index (κ1) is 20.9. The van der Waals surface area contributed by atoms with E-state index in [-0.39, 0.29) is 34.4 Å². The first-order valence-electron chi connectivity index (χ1n) is 9.57. The Balaban J connectivity index is 1.74. The third-order valence-corrected chi connectivity index (χ3v) is 4.90. The Labute approximate surface area is 182 Å². The molecule has 4 rings (SSSR count). The van der Waals surface area contributed by atoms with E-state index in [0.717, 1.165) is 17.2 Å². The van der Waals surface area contributed by atoms with E-state index in [2.05, 4.69) is 9.98 Å². The van der Waals surface area contributed by atoms with Gasteiger partial charge in [0.25, 0.3) is 5.69 Å². The fourth-order valence-electron chi connectivity index (χ4n) is 3.39. The molecule has 0 amide bonds. The molecular weight excluding hydrogens is 414 g/mol. The van der Waals surface area contributed by atoms with Crippen LogP contribution in [0.15, 0.2) is 51.9 Å². The highest BCUT2D eigenvalue weighted by molar-refractivity contribution is 5.88. The Hall–Kier alpha value is -4.40. The van der Waals surface area contributed by atoms with Crippen LogP contribution in [0.2, 0.25) is 0 Å². The number of oxazole rings is 1. The molecule has 9 heteroatoms. The zero-order valence-corrected chi connectivity index (χ0v) is 17.5. The molecule has 4 aromatic rings. The van der Waals surface area contributed by atoms with E-state index in [1.54, 1.807) is 12.1 Å². The number of fused-ring (bicyclic) bond motifs is 1. The number of phenolic OH excluding ortho intramolecular Hbond substituents is 2. The Morgan fingerprint density at radius 1 is 1.16 bits per heavy atom. The highest BCUT2D eigenvalue weighted by Crippen LogP contribution is 2.36. The van der Waals surface area contributed by atoms with Gasteiger partial charge in [0.1, 0.15) is 11.3 Å². The van der Waals surface area contributed by atoms with Gasteiger partial charge < -0.3 is 19.4 Å². The van der Waals surface area contributed by atoms with Gasteiger partial charge in [-0.25, -0.2) is 4.98 Å². The summed E-state index contributed by atoms with van der Waals surface area (Å²) in [5.74, 6) is -0.109. The van der Waals surface area contributed by atoms with Gasteiger partial charge in [-0.3, -0.25) is 15.1 Å². The number of benzene rings is 3. The molecule has 3 aromatic carbocycles. The van der Waals surface area contributed by atoms with Gasteiger partial charge in [-0.05, 0) is 49.2 Å². The first-order chi connectivity index (χ1) is 15.3. The predicted molar refractivity (Wildman–Crippen MR) is 119 cm³/mol. The van der Waals surface area contributed by atoms with Crippen molar-refractivity contribution in [3.05, 3.63) is 69.3 Å². The standard InChI is InChI=1S/C23H19N3O6/c1-12-6-13(2)22-18(7-12)25-23(32-22)17-9-15(4-5-19(17)27)24-11-14-8-16(26(29)30)10-20(31-3)21(14)28/h4-11,27-28H,1-3H3. The quantitative estimate of drug-likeness (QED) is 0.251. The molecule has 2 N–H and O–H groups in total. The second-order valence-electron chi connectivity index (χ2n) is 7.25. The van der Waals surface area contributed by atoms with Gasteiger partial charge in [0, 0.05) is 17.8 Å². The number of aromatic nitrogens is 1. The molecule has 0 saturated carbocycles. The van der Waals surface area contributed by atoms with Gasteiger partial charge in [0.2, 0.25) is 5.89 Å². The molecule has 32 heavy (non-hydrogen) atoms. The van der Waals surface area contributed by atoms with Crippen LogP contribution in [0, 0.1) is 24.0 Å². The normalized spacial score (nSPS) is 11.3. The monoisotopic (exact) mass is 433 g/mol. The van der Waals surface area contributed by atoms with Crippen LogP contribution in [-0.4, -0.2) is 33.4 Å². The summed E-state index contributed by atoms with van der Waals surface area (Å²) >= 11 is 0. The molecule has 9 nitrogen and oxygen atoms in total. The SMILES string of the molecule is COc1cc([N+](=O)[O-])cc(C=Nc2ccc(O)c(-c3nc4cc(C)cc(C)c4o3)c2)c1O. The van der Waals surface area contributed by atoms with Crippen LogP contribution in [0.25, 0.3) is 22.6 Å². The Kier molecular flexibility index (Phi) is 5.23. The van der Waals surface area contributed by atoms with Crippen LogP contribution in [0.1, 0.15) is 16.7 Å². The van der Waals surface area contributed by atoms with Crippen LogP contribution >= 0.6 is 0 Å². The van der Waals surface area contributed by atoms with E-state index in [1.807, 2.05) is 26.0 Å². The average Bonchev–Trinajstić information content (AvgIpc) is 3.18. The van der Waals surface area contributed by atoms with Crippen LogP contribution in [-0.2, 0) is 0 Å². The van der Waals surface area contributed by atoms with Gasteiger partial charge in [0.15, 0.2) is 17.1 Å². The molecule has 0 atom stereocenters. The lowest BCUT2D eigenvalue weighted by molar-refractivity contribution is -0.385. The zero-order chi connectivity index (χ0) is 23.0. The Morgan fingerprint density at radius 2 is 1.94 bits per heavy atom. The van der Waals surface area contributed by atoms with E-state index in [9.17, 15) is 20.3 Å². The number of nitro benzene ring substituents is 1. The summed E-state index contributed by atoms with van der Waals surface area (Å²) in [5, 5.41) is 31.8. The minimum absolute atomic E-state index is 0.0373. The molecule has 0 aliphatic heterocycles. The number of nitrogens with zero attached hydrogens (tertiary/aromatic N) is 3. The second kappa shape index (κ2) is 8.03. The molecule has 0 fully saturated rings. The Bertz CT molecular complexity index is 1390. The third kappa shape index (κ3) is 3.83. The minimum Gasteiger partial charge on any atom is -0.507 e. The van der Waals surface area contributed by atoms with Gasteiger partial charge in [-0.15, -0.1) is 0 Å². The number of hydrogen-bond donors (Lipinski definition) is 2. The molecule has 0 bridgehead atoms. The highest BCUT2D eigenvalue weighted by Gasteiger charge is 2.17. The maximum Gasteiger partial charge on any atom is 0.274 e. The number of ether oxygens (including phenoxy) is 1. The summed E-state index contributed by atoms with van der Waals surface area (Å²) in [7, 11) is 1.30. The largest absolute Gasteiger partial charge is 0.507 e. The number of hydrogen-bond acceptors (Lipinski definition) is 8. The van der Waals surface area contributed by atoms with Crippen molar-refractivity contribution in [2.24, 2.45) is 4.99 Å². The number of phenols is 2. The second-order valence-corrected chi connectivity index (χ2v) is 7.25. The molecule has 162 valence electrons. The van der Waals surface area contributed by atoms with Crippen molar-refractivity contribution >= 4 is 28.7 Å². The smallest absolute Gasteiger partial charge is 0.274 e. The summed E-state index contributed by atoms with van der Waals surface area (Å²) in [6.07, 6.45) is 1.28. The summed E-state index contributed by atoms with van der Waals surface area (Å²) in [4.78, 5) is 19.3. The molecular formula is C23H19N3O6. The van der Waals surface area contributed by atoms with Gasteiger partial charge in [-0.2, -0.15) is 0 Å². The molecule has 0 aliphatic rings. The fraction of sp³-hybridized carbons (Fsp3) is 0.130. The third-order valence-electron chi connectivity index (χ3n) is 4.90. The lowest BCUT2D eigenvalue weighted by Crippen LogP contribution is -1.94. The molecule has 0 aliphatic carbocycles. The van der Waals surface area contributed by atoms with Crippen molar-refractivity contribution in [1.29, 1.82) is 0 Å². The Morgan fingerprint density at radius 3 is 2.66 bits per heavy atom. The number of aliphatic imine (C=N–C) groups is 1. The number of non-ortho nitro benzene ring substituents is 1. The summed E-state index contributed by atoms with van der Waals surface area (Å²) in [6, 6.07) is 10.8. The topological polar surface area (TPSA) is 131 Å². The van der Waals surface area contributed by atoms with Crippen LogP contribution in [0.4, 0.5) is 11.4 Å². The van der Waals surface area contributed by atoms with Crippen LogP contribution < -0.4 is 4.74 Å². The van der Waals surface area contributed by atoms with Crippen molar-refractivity contribution in [3.63, 3.8) is 0 Å². The summed E-state index contributed by atoms with van der Waals surface area (Å²) in [6.45, 7) is 3.89. The predicted octanol–water partition coefficient (Wildman–Crippen LogP) is 5.19. The average molecular weight is 433 g/mol. The summed E-state index contributed by atoms with van der Waals surface area (Å²) in [5.41, 5.74) is 3.91. The van der Waals surface area contributed by atoms with Crippen molar-refractivity contribution in [3.8, 4) is 28.7 Å². The molecule has 0 saturated heterocycles. The number of methoxy groups -OCH3 is 1. The number of aromatic hydroxyl groups is 2. The molecule has 0 spiro atoms. The van der Waals surface area contributed by atoms with Crippen molar-refractivity contribution in [2.45, 2.75) is 13.8 Å². The number of rotatable bonds is 5. The van der Waals surface area contributed by atoms with E-state index in [4.69, 9.17) is 9.15 Å². The van der Waals surface area contributed by atoms with Crippen molar-refractivity contribution in [1.82, 2.24) is 4.98 Å². The van der Waals surface area contributed by atoms with Gasteiger partial charge >= 0.3 is 0 Å². The lowest BCUT2D eigenvalue weighted by atomic mass is 10.1. The maximum atomic E-state index is 11.1. The lowest BCUT2D eigenvalue weighted by Gasteiger charge is -2.06. The van der Waals surface area contributed by atoms with Crippen LogP contribution in [0.3, 0.4) is 0 Å². The fourth-order valence-corrected chi connectivity index (χ4v) is 3.39. The van der Waals surface area contributed by atoms with Crippen molar-refractivity contribution < 1.29 is 24.3 Å². The number of nitro groups is 1. The number of aryl methyl sites for hydroxylation is 2. The van der Waals surface area contributed by atoms with E-state index in [0.29, 0.717) is 22.4 Å². The highest BCUT2D eigenvalue weighted by atomic mass is 16.6. The molecule has 1 heterocycles.